The summed E-state index contributed by atoms with van der Waals surface area (Å²) in [5.41, 5.74) is 13.7. The fourth-order valence-electron chi connectivity index (χ4n) is 7.52. The number of hydrogen-bond acceptors (Lipinski definition) is 10. The highest BCUT2D eigenvalue weighted by Gasteiger charge is 2.34. The molecule has 66 heavy (non-hydrogen) atoms. The molecule has 0 aliphatic carbocycles. The zero-order chi connectivity index (χ0) is 47.6. The number of amides is 7. The normalized spacial score (nSPS) is 22.1. The number of aromatic nitrogens is 3. The molecule has 0 unspecified atom stereocenters. The fourth-order valence-corrected chi connectivity index (χ4v) is 7.52. The number of fused-ring (bicyclic) bond motifs is 1. The van der Waals surface area contributed by atoms with Gasteiger partial charge in [-0.25, -0.2) is 4.98 Å². The van der Waals surface area contributed by atoms with Crippen LogP contribution in [0.25, 0.3) is 10.9 Å². The molecule has 0 saturated carbocycles. The van der Waals surface area contributed by atoms with Crippen molar-refractivity contribution in [2.75, 3.05) is 13.1 Å². The molecular weight excluding hydrogens is 851 g/mol. The van der Waals surface area contributed by atoms with Crippen LogP contribution in [0.4, 0.5) is 0 Å². The number of nitrogens with one attached hydrogen (secondary N) is 9. The Kier molecular flexibility index (Phi) is 18.3. The number of para-hydroxylation sites is 1. The predicted octanol–water partition coefficient (Wildman–Crippen LogP) is -0.820. The van der Waals surface area contributed by atoms with Crippen LogP contribution < -0.4 is 48.7 Å². The molecule has 3 heterocycles. The van der Waals surface area contributed by atoms with Crippen LogP contribution in [0.3, 0.4) is 0 Å². The van der Waals surface area contributed by atoms with Crippen molar-refractivity contribution in [2.24, 2.45) is 16.5 Å². The molecule has 1 aliphatic rings. The number of H-pyrrole nitrogens is 2. The van der Waals surface area contributed by atoms with Gasteiger partial charge in [-0.15, -0.1) is 0 Å². The Labute approximate surface area is 381 Å². The Bertz CT molecular complexity index is 2350. The number of aromatic amines is 2. The number of benzene rings is 2. The first-order chi connectivity index (χ1) is 31.7. The molecule has 1 saturated heterocycles. The van der Waals surface area contributed by atoms with Crippen molar-refractivity contribution >= 4 is 64.0 Å². The number of ketones is 1. The highest BCUT2D eigenvalue weighted by Crippen LogP contribution is 2.20. The van der Waals surface area contributed by atoms with Crippen LogP contribution in [-0.4, -0.2) is 117 Å². The lowest BCUT2D eigenvalue weighted by Crippen LogP contribution is -2.60. The average molecular weight is 910 g/mol. The van der Waals surface area contributed by atoms with E-state index in [-0.39, 0.29) is 57.6 Å². The van der Waals surface area contributed by atoms with Gasteiger partial charge in [0.25, 0.3) is 0 Å². The van der Waals surface area contributed by atoms with Gasteiger partial charge in [0.1, 0.15) is 30.2 Å². The van der Waals surface area contributed by atoms with Crippen LogP contribution in [-0.2, 0) is 57.6 Å². The summed E-state index contributed by atoms with van der Waals surface area (Å²) in [6, 6.07) is 8.62. The summed E-state index contributed by atoms with van der Waals surface area (Å²) < 4.78 is 0. The third kappa shape index (κ3) is 15.3. The molecule has 0 bridgehead atoms. The van der Waals surface area contributed by atoms with E-state index < -0.39 is 89.8 Å². The predicted molar refractivity (Wildman–Crippen MR) is 244 cm³/mol. The first-order valence-electron chi connectivity index (χ1n) is 21.8. The Balaban J connectivity index is 1.53. The van der Waals surface area contributed by atoms with Gasteiger partial charge in [-0.1, -0.05) is 48.5 Å². The van der Waals surface area contributed by atoms with Gasteiger partial charge in [0.05, 0.1) is 18.8 Å². The van der Waals surface area contributed by atoms with Crippen molar-refractivity contribution < 1.29 is 38.4 Å². The summed E-state index contributed by atoms with van der Waals surface area (Å²) in [6.45, 7) is 2.71. The Morgan fingerprint density at radius 1 is 0.742 bits per heavy atom. The highest BCUT2D eigenvalue weighted by molar-refractivity contribution is 5.98. The molecule has 0 radical (unpaired) electrons. The molecule has 2 aromatic carbocycles. The van der Waals surface area contributed by atoms with Crippen LogP contribution in [0, 0.1) is 0 Å². The number of carbonyl (C=O) groups is 8. The zero-order valence-electron chi connectivity index (χ0n) is 37.0. The molecular formula is C45H59N13O8. The summed E-state index contributed by atoms with van der Waals surface area (Å²) >= 11 is 0. The van der Waals surface area contributed by atoms with E-state index >= 15 is 0 Å². The van der Waals surface area contributed by atoms with E-state index in [2.05, 4.69) is 57.2 Å². The SMILES string of the molecule is CC(=O)N[C@H]1CCCCNC(=O)C[C@@H](C(C)=O)NC(=O)[C@H](Cc2c[nH]c3ccccc23)NC(=O)[C@H](CCCN=C(N)N)NC(=O)[C@@H](Cc2ccccc2)NC(=O)[C@H](Cc2cnc[nH]2)NC1=O. The summed E-state index contributed by atoms with van der Waals surface area (Å²) in [4.78, 5) is 124. The van der Waals surface area contributed by atoms with E-state index in [1.165, 1.54) is 26.4 Å². The van der Waals surface area contributed by atoms with Crippen molar-refractivity contribution in [1.82, 2.24) is 52.2 Å². The fraction of sp³-hybridized carbons (Fsp3) is 0.422. The Hall–Kier alpha value is -7.58. The summed E-state index contributed by atoms with van der Waals surface area (Å²) in [5, 5.41) is 19.9. The second kappa shape index (κ2) is 24.5. The number of nitrogens with two attached hydrogens (primary N) is 2. The minimum atomic E-state index is -1.32. The molecule has 13 N–H and O–H groups in total. The van der Waals surface area contributed by atoms with Gasteiger partial charge in [0, 0.05) is 68.3 Å². The first-order valence-corrected chi connectivity index (χ1v) is 21.8. The number of hydrogen-bond donors (Lipinski definition) is 11. The lowest BCUT2D eigenvalue weighted by atomic mass is 10.0. The monoisotopic (exact) mass is 909 g/mol. The van der Waals surface area contributed by atoms with Gasteiger partial charge in [-0.05, 0) is 56.2 Å². The summed E-state index contributed by atoms with van der Waals surface area (Å²) in [7, 11) is 0. The van der Waals surface area contributed by atoms with Crippen molar-refractivity contribution in [3.63, 3.8) is 0 Å². The van der Waals surface area contributed by atoms with Crippen LogP contribution in [0.2, 0.25) is 0 Å². The number of nitrogens with zero attached hydrogens (tertiary/aromatic N) is 2. The third-order valence-electron chi connectivity index (χ3n) is 11.0. The molecule has 5 rings (SSSR count). The third-order valence-corrected chi connectivity index (χ3v) is 11.0. The quantitative estimate of drug-likeness (QED) is 0.0474. The number of aliphatic imine (C=N–C) groups is 1. The molecule has 21 nitrogen and oxygen atoms in total. The van der Waals surface area contributed by atoms with Crippen molar-refractivity contribution in [2.45, 2.75) is 108 Å². The molecule has 2 aromatic heterocycles. The lowest BCUT2D eigenvalue weighted by molar-refractivity contribution is -0.135. The van der Waals surface area contributed by atoms with Crippen molar-refractivity contribution in [3.05, 3.63) is 90.1 Å². The van der Waals surface area contributed by atoms with Crippen LogP contribution in [0.15, 0.2) is 78.3 Å². The maximum absolute atomic E-state index is 14.5. The lowest BCUT2D eigenvalue weighted by Gasteiger charge is -2.27. The molecule has 21 heteroatoms. The average Bonchev–Trinajstić information content (AvgIpc) is 3.95. The van der Waals surface area contributed by atoms with Gasteiger partial charge in [0.15, 0.2) is 11.7 Å². The zero-order valence-corrected chi connectivity index (χ0v) is 37.0. The topological polar surface area (TPSA) is 330 Å². The molecule has 1 fully saturated rings. The smallest absolute Gasteiger partial charge is 0.243 e. The summed E-state index contributed by atoms with van der Waals surface area (Å²) in [6.07, 6.45) is 5.04. The van der Waals surface area contributed by atoms with E-state index in [4.69, 9.17) is 11.5 Å². The minimum absolute atomic E-state index is 0.0267. The maximum atomic E-state index is 14.5. The number of guanidine groups is 1. The van der Waals surface area contributed by atoms with E-state index in [1.54, 1.807) is 36.5 Å². The van der Waals surface area contributed by atoms with E-state index in [0.717, 1.165) is 10.9 Å². The molecule has 352 valence electrons. The first kappa shape index (κ1) is 49.4. The van der Waals surface area contributed by atoms with Gasteiger partial charge in [0.2, 0.25) is 41.4 Å². The van der Waals surface area contributed by atoms with E-state index in [9.17, 15) is 38.4 Å². The number of carbonyl (C=O) groups excluding carboxylic acids is 8. The molecule has 1 aliphatic heterocycles. The summed E-state index contributed by atoms with van der Waals surface area (Å²) in [5.74, 6) is -5.45. The second-order valence-corrected chi connectivity index (χ2v) is 16.2. The molecule has 7 amide bonds. The second-order valence-electron chi connectivity index (χ2n) is 16.2. The van der Waals surface area contributed by atoms with Crippen LogP contribution in [0.1, 0.15) is 69.2 Å². The van der Waals surface area contributed by atoms with Crippen LogP contribution in [0.5, 0.6) is 0 Å². The molecule has 0 spiro atoms. The number of Topliss-reactive ketones (excluding diaryl/α,β-unsaturated/α-hetero) is 1. The number of imidazole rings is 1. The van der Waals surface area contributed by atoms with E-state index in [0.29, 0.717) is 29.7 Å². The van der Waals surface area contributed by atoms with Gasteiger partial charge in [-0.2, -0.15) is 0 Å². The highest BCUT2D eigenvalue weighted by atomic mass is 16.2. The Morgan fingerprint density at radius 3 is 2.06 bits per heavy atom. The van der Waals surface area contributed by atoms with Gasteiger partial charge in [-0.3, -0.25) is 43.3 Å². The van der Waals surface area contributed by atoms with Crippen LogP contribution >= 0.6 is 0 Å². The molecule has 6 atom stereocenters. The van der Waals surface area contributed by atoms with Gasteiger partial charge >= 0.3 is 0 Å². The largest absolute Gasteiger partial charge is 0.370 e. The van der Waals surface area contributed by atoms with Crippen molar-refractivity contribution in [1.29, 1.82) is 0 Å². The van der Waals surface area contributed by atoms with E-state index in [1.807, 2.05) is 24.3 Å². The minimum Gasteiger partial charge on any atom is -0.370 e. The standard InChI is InChI=1S/C45H59N13O8/c1-26(59)35-22-39(61)49-17-9-8-15-33(53-27(2)60)40(62)58-38(21-30-24-48-25-52-30)44(66)56-36(19-28-11-4-3-5-12-28)42(64)54-34(16-10-18-50-45(46)47)41(63)57-37(43(65)55-35)20-29-23-51-32-14-7-6-13-31(29)32/h3-7,11-14,23-25,33-38,51H,8-10,15-22H2,1-2H3,(H,48,52)(H,49,61)(H,53,60)(H,54,64)(H,55,65)(H,56,66)(H,57,63)(H,58,62)(H4,46,47,50)/t33-,34-,35-,36+,37-,38-/m0/s1. The van der Waals surface area contributed by atoms with Crippen molar-refractivity contribution in [3.8, 4) is 0 Å². The van der Waals surface area contributed by atoms with Gasteiger partial charge < -0.3 is 58.7 Å². The molecule has 4 aromatic rings. The number of rotatable bonds is 12. The maximum Gasteiger partial charge on any atom is 0.243 e. The Morgan fingerprint density at radius 2 is 1.38 bits per heavy atom.